The van der Waals surface area contributed by atoms with Crippen LogP contribution in [0, 0.1) is 28.1 Å². The zero-order valence-corrected chi connectivity index (χ0v) is 13.6. The van der Waals surface area contributed by atoms with E-state index in [0.29, 0.717) is 17.1 Å². The fourth-order valence-corrected chi connectivity index (χ4v) is 2.74. The highest BCUT2D eigenvalue weighted by molar-refractivity contribution is 5.61. The summed E-state index contributed by atoms with van der Waals surface area (Å²) in [7, 11) is 0. The standard InChI is InChI=1S/C20H16N4O/c21-15-18-7-2-6-17(14-18)5-1-4-16-9-12-24(13-10-16)20-19(23-25)8-3-11-22-20/h2-4,6-8,11,14H,9-10,12-13H2. The van der Waals surface area contributed by atoms with Gasteiger partial charge in [-0.15, -0.1) is 4.91 Å². The number of allylic oxidation sites excluding steroid dienone is 1. The first-order chi connectivity index (χ1) is 12.3. The highest BCUT2D eigenvalue weighted by Crippen LogP contribution is 2.28. The number of nitrogens with zero attached hydrogens (tertiary/aromatic N) is 4. The van der Waals surface area contributed by atoms with E-state index in [0.717, 1.165) is 31.5 Å². The average molecular weight is 328 g/mol. The molecule has 0 spiro atoms. The molecular formula is C20H16N4O. The summed E-state index contributed by atoms with van der Waals surface area (Å²) in [6, 6.07) is 12.8. The summed E-state index contributed by atoms with van der Waals surface area (Å²) < 4.78 is 0. The van der Waals surface area contributed by atoms with Crippen molar-refractivity contribution < 1.29 is 0 Å². The molecule has 1 aromatic heterocycles. The van der Waals surface area contributed by atoms with Crippen LogP contribution in [0.15, 0.2) is 59.4 Å². The third-order valence-electron chi connectivity index (χ3n) is 4.05. The van der Waals surface area contributed by atoms with Gasteiger partial charge in [0.2, 0.25) is 0 Å². The van der Waals surface area contributed by atoms with Gasteiger partial charge in [-0.25, -0.2) is 4.98 Å². The number of nitroso groups, excluding NO2 is 1. The SMILES string of the molecule is N#Cc1cccc(C#CC=C2CCN(c3ncccc3N=O)CC2)c1. The van der Waals surface area contributed by atoms with Crippen LogP contribution in [-0.2, 0) is 0 Å². The molecule has 0 aliphatic carbocycles. The molecule has 5 heteroatoms. The molecule has 1 saturated heterocycles. The van der Waals surface area contributed by atoms with Crippen molar-refractivity contribution >= 4 is 11.5 Å². The molecule has 2 heterocycles. The van der Waals surface area contributed by atoms with Gasteiger partial charge in [-0.1, -0.05) is 23.5 Å². The van der Waals surface area contributed by atoms with E-state index in [9.17, 15) is 4.91 Å². The Bertz CT molecular complexity index is 905. The molecule has 0 atom stereocenters. The molecule has 0 bridgehead atoms. The number of rotatable bonds is 2. The molecule has 5 nitrogen and oxygen atoms in total. The fraction of sp³-hybridized carbons (Fsp3) is 0.200. The Balaban J connectivity index is 1.65. The van der Waals surface area contributed by atoms with Crippen LogP contribution in [0.2, 0.25) is 0 Å². The molecule has 0 N–H and O–H groups in total. The summed E-state index contributed by atoms with van der Waals surface area (Å²) >= 11 is 0. The lowest BCUT2D eigenvalue weighted by Gasteiger charge is -2.29. The van der Waals surface area contributed by atoms with Gasteiger partial charge in [-0.2, -0.15) is 5.26 Å². The van der Waals surface area contributed by atoms with Crippen LogP contribution in [0.4, 0.5) is 11.5 Å². The van der Waals surface area contributed by atoms with E-state index in [-0.39, 0.29) is 0 Å². The van der Waals surface area contributed by atoms with Gasteiger partial charge in [0.25, 0.3) is 0 Å². The first-order valence-electron chi connectivity index (χ1n) is 8.03. The number of hydrogen-bond donors (Lipinski definition) is 0. The maximum absolute atomic E-state index is 10.9. The molecule has 0 radical (unpaired) electrons. The van der Waals surface area contributed by atoms with Crippen LogP contribution in [-0.4, -0.2) is 18.1 Å². The van der Waals surface area contributed by atoms with Crippen molar-refractivity contribution in [2.75, 3.05) is 18.0 Å². The smallest absolute Gasteiger partial charge is 0.158 e. The van der Waals surface area contributed by atoms with Gasteiger partial charge in [0.05, 0.1) is 11.6 Å². The Morgan fingerprint density at radius 1 is 1.16 bits per heavy atom. The Labute approximate surface area is 146 Å². The van der Waals surface area contributed by atoms with E-state index < -0.39 is 0 Å². The van der Waals surface area contributed by atoms with Crippen LogP contribution >= 0.6 is 0 Å². The Kier molecular flexibility index (Phi) is 5.19. The van der Waals surface area contributed by atoms with E-state index in [4.69, 9.17) is 5.26 Å². The minimum Gasteiger partial charge on any atom is -0.354 e. The van der Waals surface area contributed by atoms with Crippen LogP contribution < -0.4 is 4.90 Å². The lowest BCUT2D eigenvalue weighted by molar-refractivity contribution is 0.678. The number of hydrogen-bond acceptors (Lipinski definition) is 5. The summed E-state index contributed by atoms with van der Waals surface area (Å²) in [4.78, 5) is 17.2. The van der Waals surface area contributed by atoms with Crippen molar-refractivity contribution in [2.24, 2.45) is 5.18 Å². The normalized spacial score (nSPS) is 13.4. The van der Waals surface area contributed by atoms with E-state index in [1.807, 2.05) is 18.2 Å². The highest BCUT2D eigenvalue weighted by Gasteiger charge is 2.18. The van der Waals surface area contributed by atoms with Crippen molar-refractivity contribution in [3.05, 3.63) is 70.3 Å². The molecule has 1 aliphatic rings. The van der Waals surface area contributed by atoms with Crippen LogP contribution in [0.1, 0.15) is 24.0 Å². The zero-order chi connectivity index (χ0) is 17.5. The molecule has 1 aromatic carbocycles. The summed E-state index contributed by atoms with van der Waals surface area (Å²) in [5.74, 6) is 6.79. The van der Waals surface area contributed by atoms with E-state index >= 15 is 0 Å². The quantitative estimate of drug-likeness (QED) is 0.619. The summed E-state index contributed by atoms with van der Waals surface area (Å²) in [6.07, 6.45) is 5.38. The number of pyridine rings is 1. The predicted molar refractivity (Wildman–Crippen MR) is 97.3 cm³/mol. The van der Waals surface area contributed by atoms with Crippen LogP contribution in [0.25, 0.3) is 0 Å². The molecule has 0 unspecified atom stereocenters. The van der Waals surface area contributed by atoms with Crippen LogP contribution in [0.5, 0.6) is 0 Å². The molecule has 25 heavy (non-hydrogen) atoms. The number of anilines is 1. The molecule has 3 rings (SSSR count). The number of piperidine rings is 1. The minimum absolute atomic E-state index is 0.382. The highest BCUT2D eigenvalue weighted by atomic mass is 16.3. The van der Waals surface area contributed by atoms with Gasteiger partial charge in [-0.3, -0.25) is 0 Å². The Morgan fingerprint density at radius 2 is 1.96 bits per heavy atom. The van der Waals surface area contributed by atoms with Gasteiger partial charge < -0.3 is 4.90 Å². The van der Waals surface area contributed by atoms with Gasteiger partial charge in [0.1, 0.15) is 5.69 Å². The predicted octanol–water partition coefficient (Wildman–Crippen LogP) is 3.93. The Morgan fingerprint density at radius 3 is 2.72 bits per heavy atom. The average Bonchev–Trinajstić information content (AvgIpc) is 2.68. The lowest BCUT2D eigenvalue weighted by atomic mass is 10.0. The third kappa shape index (κ3) is 4.10. The summed E-state index contributed by atoms with van der Waals surface area (Å²) in [5, 5.41) is 11.9. The first-order valence-corrected chi connectivity index (χ1v) is 8.03. The second kappa shape index (κ2) is 7.90. The topological polar surface area (TPSA) is 69.3 Å². The van der Waals surface area contributed by atoms with Gasteiger partial charge in [0, 0.05) is 24.8 Å². The monoisotopic (exact) mass is 328 g/mol. The number of aromatic nitrogens is 1. The molecular weight excluding hydrogens is 312 g/mol. The molecule has 0 saturated carbocycles. The van der Waals surface area contributed by atoms with Crippen molar-refractivity contribution in [1.29, 1.82) is 5.26 Å². The molecule has 1 aliphatic heterocycles. The minimum atomic E-state index is 0.382. The number of nitriles is 1. The second-order valence-electron chi connectivity index (χ2n) is 5.69. The van der Waals surface area contributed by atoms with Crippen molar-refractivity contribution in [3.63, 3.8) is 0 Å². The lowest BCUT2D eigenvalue weighted by Crippen LogP contribution is -2.31. The molecule has 2 aromatic rings. The fourth-order valence-electron chi connectivity index (χ4n) is 2.74. The second-order valence-corrected chi connectivity index (χ2v) is 5.69. The van der Waals surface area contributed by atoms with Gasteiger partial charge in [-0.05, 0) is 54.4 Å². The van der Waals surface area contributed by atoms with Crippen LogP contribution in [0.3, 0.4) is 0 Å². The largest absolute Gasteiger partial charge is 0.354 e. The third-order valence-corrected chi connectivity index (χ3v) is 4.05. The maximum atomic E-state index is 10.9. The summed E-state index contributed by atoms with van der Waals surface area (Å²) in [6.45, 7) is 1.58. The summed E-state index contributed by atoms with van der Waals surface area (Å²) in [5.41, 5.74) is 3.11. The first kappa shape index (κ1) is 16.4. The molecule has 1 fully saturated rings. The van der Waals surface area contributed by atoms with Crippen molar-refractivity contribution in [1.82, 2.24) is 4.98 Å². The van der Waals surface area contributed by atoms with E-state index in [1.165, 1.54) is 5.57 Å². The molecule has 0 amide bonds. The Hall–Kier alpha value is -3.44. The zero-order valence-electron chi connectivity index (χ0n) is 13.6. The van der Waals surface area contributed by atoms with Crippen molar-refractivity contribution in [2.45, 2.75) is 12.8 Å². The van der Waals surface area contributed by atoms with Gasteiger partial charge in [0.15, 0.2) is 5.82 Å². The maximum Gasteiger partial charge on any atom is 0.158 e. The van der Waals surface area contributed by atoms with E-state index in [2.05, 4.69) is 33.0 Å². The van der Waals surface area contributed by atoms with Crippen molar-refractivity contribution in [3.8, 4) is 17.9 Å². The van der Waals surface area contributed by atoms with E-state index in [1.54, 1.807) is 30.5 Å². The molecule has 122 valence electrons. The number of benzene rings is 1. The van der Waals surface area contributed by atoms with Gasteiger partial charge >= 0.3 is 0 Å².